The highest BCUT2D eigenvalue weighted by Gasteiger charge is 2.38. The third-order valence-electron chi connectivity index (χ3n) is 4.07. The summed E-state index contributed by atoms with van der Waals surface area (Å²) in [4.78, 5) is 29.1. The molecule has 0 fully saturated rings. The maximum Gasteiger partial charge on any atom is 0.490 e. The Kier molecular flexibility index (Phi) is 8.27. The number of carbonyl (C=O) groups is 2. The molecule has 0 spiro atoms. The highest BCUT2D eigenvalue weighted by atomic mass is 19.4. The van der Waals surface area contributed by atoms with Crippen molar-refractivity contribution in [3.8, 4) is 0 Å². The van der Waals surface area contributed by atoms with Crippen LogP contribution in [0.1, 0.15) is 33.2 Å². The molecule has 6 nitrogen and oxygen atoms in total. The number of nitrogens with zero attached hydrogens (tertiary/aromatic N) is 2. The molecule has 0 aliphatic rings. The number of alkyl halides is 6. The van der Waals surface area contributed by atoms with Crippen molar-refractivity contribution in [3.63, 3.8) is 0 Å². The van der Waals surface area contributed by atoms with Gasteiger partial charge in [0.2, 0.25) is 0 Å². The number of amides is 1. The summed E-state index contributed by atoms with van der Waals surface area (Å²) in [6, 6.07) is 8.67. The minimum Gasteiger partial charge on any atom is -0.475 e. The second kappa shape index (κ2) is 10.7. The molecule has 2 aromatic heterocycles. The van der Waals surface area contributed by atoms with Gasteiger partial charge in [-0.1, -0.05) is 12.1 Å². The molecule has 1 amide bonds. The first kappa shape index (κ1) is 26.2. The third-order valence-corrected chi connectivity index (χ3v) is 4.07. The van der Waals surface area contributed by atoms with E-state index in [0.29, 0.717) is 0 Å². The number of hydrogen-bond acceptors (Lipinski definition) is 4. The van der Waals surface area contributed by atoms with Gasteiger partial charge in [0.1, 0.15) is 11.5 Å². The van der Waals surface area contributed by atoms with Crippen LogP contribution in [0.2, 0.25) is 0 Å². The van der Waals surface area contributed by atoms with Gasteiger partial charge in [-0.05, 0) is 42.0 Å². The fourth-order valence-electron chi connectivity index (χ4n) is 2.50. The summed E-state index contributed by atoms with van der Waals surface area (Å²) >= 11 is 0. The molecule has 0 saturated heterocycles. The lowest BCUT2D eigenvalue weighted by Crippen LogP contribution is -2.30. The summed E-state index contributed by atoms with van der Waals surface area (Å²) < 4.78 is 84.3. The topological polar surface area (TPSA) is 92.2 Å². The van der Waals surface area contributed by atoms with E-state index in [1.165, 1.54) is 42.9 Å². The van der Waals surface area contributed by atoms with Gasteiger partial charge >= 0.3 is 18.3 Å². The highest BCUT2D eigenvalue weighted by Crippen LogP contribution is 2.31. The van der Waals surface area contributed by atoms with Gasteiger partial charge in [-0.3, -0.25) is 14.8 Å². The Morgan fingerprint density at radius 1 is 0.912 bits per heavy atom. The van der Waals surface area contributed by atoms with Crippen molar-refractivity contribution in [2.75, 3.05) is 0 Å². The van der Waals surface area contributed by atoms with Crippen molar-refractivity contribution in [3.05, 3.63) is 95.3 Å². The van der Waals surface area contributed by atoms with Crippen LogP contribution in [-0.2, 0) is 11.0 Å². The molecule has 2 heterocycles. The van der Waals surface area contributed by atoms with Gasteiger partial charge in [0.05, 0.1) is 17.2 Å². The number of aliphatic carboxylic acids is 1. The fraction of sp³-hybridized carbons (Fsp3) is 0.143. The zero-order chi connectivity index (χ0) is 25.5. The number of pyridine rings is 2. The van der Waals surface area contributed by atoms with Crippen molar-refractivity contribution < 1.29 is 45.4 Å². The lowest BCUT2D eigenvalue weighted by molar-refractivity contribution is -0.192. The predicted octanol–water partition coefficient (Wildman–Crippen LogP) is 4.79. The van der Waals surface area contributed by atoms with Gasteiger partial charge in [0, 0.05) is 18.6 Å². The van der Waals surface area contributed by atoms with E-state index >= 15 is 0 Å². The molecule has 3 aromatic rings. The second-order valence-corrected chi connectivity index (χ2v) is 6.44. The Hall–Kier alpha value is -4.03. The van der Waals surface area contributed by atoms with E-state index in [9.17, 15) is 35.5 Å². The Morgan fingerprint density at radius 3 is 1.97 bits per heavy atom. The van der Waals surface area contributed by atoms with E-state index in [-0.39, 0.29) is 16.8 Å². The zero-order valence-corrected chi connectivity index (χ0v) is 16.7. The first-order valence-corrected chi connectivity index (χ1v) is 9.09. The molecule has 1 atom stereocenters. The lowest BCUT2D eigenvalue weighted by atomic mass is 10.0. The van der Waals surface area contributed by atoms with Crippen LogP contribution in [0, 0.1) is 5.82 Å². The fourth-order valence-corrected chi connectivity index (χ4v) is 2.50. The number of carboxylic acids is 1. The molecule has 180 valence electrons. The minimum atomic E-state index is -5.08. The van der Waals surface area contributed by atoms with Crippen molar-refractivity contribution in [1.29, 1.82) is 0 Å². The van der Waals surface area contributed by atoms with Crippen molar-refractivity contribution in [2.45, 2.75) is 18.4 Å². The average molecular weight is 489 g/mol. The molecule has 0 unspecified atom stereocenters. The van der Waals surface area contributed by atoms with Crippen LogP contribution in [0.3, 0.4) is 0 Å². The van der Waals surface area contributed by atoms with E-state index in [1.54, 1.807) is 6.07 Å². The molecule has 0 saturated carbocycles. The molecular weight excluding hydrogens is 475 g/mol. The quantitative estimate of drug-likeness (QED) is 0.515. The number of halogens is 7. The maximum absolute atomic E-state index is 14.2. The summed E-state index contributed by atoms with van der Waals surface area (Å²) in [5.41, 5.74) is -0.455. The first-order valence-electron chi connectivity index (χ1n) is 9.09. The van der Waals surface area contributed by atoms with Crippen LogP contribution in [0.5, 0.6) is 0 Å². The maximum atomic E-state index is 14.2. The SMILES string of the molecule is O=C(N[C@@H](c1ccc(C(F)(F)F)cc1)c1ncccc1F)c1cccnc1.O=C(O)C(F)(F)F. The molecule has 34 heavy (non-hydrogen) atoms. The molecule has 1 aromatic carbocycles. The molecular formula is C21H14F7N3O3. The molecule has 0 aliphatic carbocycles. The van der Waals surface area contributed by atoms with Crippen LogP contribution >= 0.6 is 0 Å². The number of aromatic nitrogens is 2. The summed E-state index contributed by atoms with van der Waals surface area (Å²) in [7, 11) is 0. The molecule has 3 rings (SSSR count). The van der Waals surface area contributed by atoms with Crippen LogP contribution in [0.4, 0.5) is 30.7 Å². The molecule has 0 bridgehead atoms. The van der Waals surface area contributed by atoms with E-state index in [4.69, 9.17) is 9.90 Å². The Labute approximate surface area is 187 Å². The number of carbonyl (C=O) groups excluding carboxylic acids is 1. The van der Waals surface area contributed by atoms with Crippen molar-refractivity contribution in [1.82, 2.24) is 15.3 Å². The van der Waals surface area contributed by atoms with Gasteiger partial charge in [-0.2, -0.15) is 26.3 Å². The number of carboxylic acid groups (broad SMARTS) is 1. The molecule has 13 heteroatoms. The standard InChI is InChI=1S/C19H13F4N3O.C2HF3O2/c20-15-4-2-10-25-17(15)16(26-18(27)13-3-1-9-24-11-13)12-5-7-14(8-6-12)19(21,22)23;3-2(4,5)1(6)7/h1-11,16H,(H,26,27);(H,6,7)/t16-;/m0./s1. The average Bonchev–Trinajstić information content (AvgIpc) is 2.78. The van der Waals surface area contributed by atoms with Gasteiger partial charge in [0.25, 0.3) is 5.91 Å². The largest absolute Gasteiger partial charge is 0.490 e. The van der Waals surface area contributed by atoms with Gasteiger partial charge in [-0.15, -0.1) is 0 Å². The summed E-state index contributed by atoms with van der Waals surface area (Å²) in [6.45, 7) is 0. The normalized spacial score (nSPS) is 12.2. The number of hydrogen-bond donors (Lipinski definition) is 2. The second-order valence-electron chi connectivity index (χ2n) is 6.44. The first-order chi connectivity index (χ1) is 15.8. The van der Waals surface area contributed by atoms with E-state index < -0.39 is 41.7 Å². The number of benzene rings is 1. The zero-order valence-electron chi connectivity index (χ0n) is 16.7. The van der Waals surface area contributed by atoms with Gasteiger partial charge in [0.15, 0.2) is 0 Å². The van der Waals surface area contributed by atoms with Gasteiger partial charge < -0.3 is 10.4 Å². The number of nitrogens with one attached hydrogen (secondary N) is 1. The van der Waals surface area contributed by atoms with E-state index in [1.807, 2.05) is 0 Å². The van der Waals surface area contributed by atoms with E-state index in [2.05, 4.69) is 15.3 Å². The van der Waals surface area contributed by atoms with Crippen LogP contribution in [0.25, 0.3) is 0 Å². The number of rotatable bonds is 4. The summed E-state index contributed by atoms with van der Waals surface area (Å²) in [5, 5.41) is 9.73. The smallest absolute Gasteiger partial charge is 0.475 e. The highest BCUT2D eigenvalue weighted by molar-refractivity contribution is 5.94. The monoisotopic (exact) mass is 489 g/mol. The Bertz CT molecular complexity index is 1120. The molecule has 0 radical (unpaired) electrons. The Morgan fingerprint density at radius 2 is 1.50 bits per heavy atom. The minimum absolute atomic E-state index is 0.102. The van der Waals surface area contributed by atoms with Crippen molar-refractivity contribution >= 4 is 11.9 Å². The summed E-state index contributed by atoms with van der Waals surface area (Å²) in [6.07, 6.45) is -5.43. The van der Waals surface area contributed by atoms with Crippen molar-refractivity contribution in [2.24, 2.45) is 0 Å². The summed E-state index contributed by atoms with van der Waals surface area (Å²) in [5.74, 6) is -4.00. The molecule has 0 aliphatic heterocycles. The van der Waals surface area contributed by atoms with Crippen LogP contribution in [0.15, 0.2) is 67.1 Å². The van der Waals surface area contributed by atoms with Crippen LogP contribution < -0.4 is 5.32 Å². The lowest BCUT2D eigenvalue weighted by Gasteiger charge is -2.20. The van der Waals surface area contributed by atoms with Crippen LogP contribution in [-0.4, -0.2) is 33.1 Å². The predicted molar refractivity (Wildman–Crippen MR) is 103 cm³/mol. The Balaban J connectivity index is 0.000000509. The van der Waals surface area contributed by atoms with E-state index in [0.717, 1.165) is 18.2 Å². The van der Waals surface area contributed by atoms with Gasteiger partial charge in [-0.25, -0.2) is 9.18 Å². The third kappa shape index (κ3) is 7.25. The molecule has 2 N–H and O–H groups in total.